The second-order valence-corrected chi connectivity index (χ2v) is 11.2. The Bertz CT molecular complexity index is 1220. The van der Waals surface area contributed by atoms with Gasteiger partial charge in [0.1, 0.15) is 28.2 Å². The van der Waals surface area contributed by atoms with Gasteiger partial charge in [-0.15, -0.1) is 0 Å². The standard InChI is InChI=1S/C21H27F2N7O4S/c1-20(31)13-21(22,23)6-3-17(20)34-18-14(9-24)10-25-19(28-18)27-15-4-7-30(8-5-15)35(32,33)16-11-26-29(2)12-16/h10-12,15,17,31H,3-8,13H2,1-2H3,(H,25,27,28). The van der Waals surface area contributed by atoms with Crippen LogP contribution in [0.4, 0.5) is 14.7 Å². The maximum atomic E-state index is 13.7. The first kappa shape index (κ1) is 25.2. The van der Waals surface area contributed by atoms with Crippen molar-refractivity contribution in [1.29, 1.82) is 5.26 Å². The molecule has 4 rings (SSSR count). The van der Waals surface area contributed by atoms with E-state index in [1.54, 1.807) is 7.05 Å². The van der Waals surface area contributed by atoms with E-state index in [0.29, 0.717) is 12.8 Å². The number of aromatic nitrogens is 4. The fraction of sp³-hybridized carbons (Fsp3) is 0.619. The van der Waals surface area contributed by atoms with Gasteiger partial charge in [-0.3, -0.25) is 4.68 Å². The molecule has 2 N–H and O–H groups in total. The van der Waals surface area contributed by atoms with Gasteiger partial charge in [-0.25, -0.2) is 22.2 Å². The molecular formula is C21H27F2N7O4S. The fourth-order valence-electron chi connectivity index (χ4n) is 4.41. The predicted molar refractivity (Wildman–Crippen MR) is 119 cm³/mol. The molecule has 1 aliphatic heterocycles. The number of hydrogen-bond acceptors (Lipinski definition) is 9. The first-order chi connectivity index (χ1) is 16.4. The van der Waals surface area contributed by atoms with Crippen LogP contribution in [0.1, 0.15) is 44.6 Å². The summed E-state index contributed by atoms with van der Waals surface area (Å²) in [6.07, 6.45) is 2.78. The minimum absolute atomic E-state index is 0.0149. The van der Waals surface area contributed by atoms with Crippen LogP contribution in [0.3, 0.4) is 0 Å². The number of halogens is 2. The number of aryl methyl sites for hydroxylation is 1. The lowest BCUT2D eigenvalue weighted by Gasteiger charge is -2.40. The van der Waals surface area contributed by atoms with E-state index in [-0.39, 0.29) is 47.8 Å². The van der Waals surface area contributed by atoms with Gasteiger partial charge >= 0.3 is 0 Å². The lowest BCUT2D eigenvalue weighted by Crippen LogP contribution is -2.51. The Labute approximate surface area is 201 Å². The Morgan fingerprint density at radius 3 is 2.60 bits per heavy atom. The number of alkyl halides is 2. The fourth-order valence-corrected chi connectivity index (χ4v) is 5.86. The van der Waals surface area contributed by atoms with Gasteiger partial charge < -0.3 is 15.2 Å². The second-order valence-electron chi connectivity index (χ2n) is 9.23. The first-order valence-electron chi connectivity index (χ1n) is 11.2. The summed E-state index contributed by atoms with van der Waals surface area (Å²) in [7, 11) is -1.98. The van der Waals surface area contributed by atoms with Crippen LogP contribution < -0.4 is 10.1 Å². The third-order valence-corrected chi connectivity index (χ3v) is 8.17. The SMILES string of the molecule is Cn1cc(S(=O)(=O)N2CCC(Nc3ncc(C#N)c(OC4CCC(F)(F)CC4(C)O)n3)CC2)cn1. The zero-order valence-electron chi connectivity index (χ0n) is 19.4. The van der Waals surface area contributed by atoms with Crippen LogP contribution in [0.2, 0.25) is 0 Å². The Kier molecular flexibility index (Phi) is 6.69. The topological polar surface area (TPSA) is 146 Å². The molecule has 2 atom stereocenters. The number of nitrogens with one attached hydrogen (secondary N) is 1. The Morgan fingerprint density at radius 2 is 2.00 bits per heavy atom. The number of hydrogen-bond donors (Lipinski definition) is 2. The van der Waals surface area contributed by atoms with Crippen LogP contribution in [0.15, 0.2) is 23.5 Å². The number of aliphatic hydroxyl groups is 1. The second kappa shape index (κ2) is 9.29. The summed E-state index contributed by atoms with van der Waals surface area (Å²) in [5, 5.41) is 26.9. The molecule has 3 heterocycles. The molecule has 0 radical (unpaired) electrons. The summed E-state index contributed by atoms with van der Waals surface area (Å²) >= 11 is 0. The highest BCUT2D eigenvalue weighted by atomic mass is 32.2. The molecule has 190 valence electrons. The molecule has 0 spiro atoms. The molecule has 0 amide bonds. The van der Waals surface area contributed by atoms with Crippen LogP contribution in [0, 0.1) is 11.3 Å². The number of anilines is 1. The number of nitriles is 1. The summed E-state index contributed by atoms with van der Waals surface area (Å²) in [6.45, 7) is 1.85. The molecule has 2 fully saturated rings. The van der Waals surface area contributed by atoms with Gasteiger partial charge in [0.05, 0.1) is 12.4 Å². The molecule has 0 aromatic carbocycles. The average molecular weight is 512 g/mol. The van der Waals surface area contributed by atoms with Crippen molar-refractivity contribution in [2.45, 2.75) is 67.6 Å². The highest BCUT2D eigenvalue weighted by Gasteiger charge is 2.49. The quantitative estimate of drug-likeness (QED) is 0.591. The minimum atomic E-state index is -3.63. The number of ether oxygens (including phenoxy) is 1. The monoisotopic (exact) mass is 511 g/mol. The van der Waals surface area contributed by atoms with Gasteiger partial charge in [0.2, 0.25) is 21.9 Å². The van der Waals surface area contributed by atoms with E-state index in [4.69, 9.17) is 4.74 Å². The number of piperidine rings is 1. The van der Waals surface area contributed by atoms with Gasteiger partial charge in [-0.1, -0.05) is 0 Å². The Hall–Kier alpha value is -2.89. The van der Waals surface area contributed by atoms with E-state index in [9.17, 15) is 27.6 Å². The van der Waals surface area contributed by atoms with E-state index in [1.807, 2.05) is 6.07 Å². The van der Waals surface area contributed by atoms with Crippen molar-refractivity contribution in [3.63, 3.8) is 0 Å². The Morgan fingerprint density at radius 1 is 1.29 bits per heavy atom. The van der Waals surface area contributed by atoms with Gasteiger partial charge in [0.15, 0.2) is 0 Å². The largest absolute Gasteiger partial charge is 0.470 e. The van der Waals surface area contributed by atoms with E-state index < -0.39 is 40.5 Å². The molecule has 11 nitrogen and oxygen atoms in total. The van der Waals surface area contributed by atoms with Crippen molar-refractivity contribution in [3.8, 4) is 11.9 Å². The third kappa shape index (κ3) is 5.52. The summed E-state index contributed by atoms with van der Waals surface area (Å²) in [6, 6.07) is 1.78. The highest BCUT2D eigenvalue weighted by Crippen LogP contribution is 2.41. The van der Waals surface area contributed by atoms with Gasteiger partial charge in [0.25, 0.3) is 5.92 Å². The van der Waals surface area contributed by atoms with E-state index >= 15 is 0 Å². The van der Waals surface area contributed by atoms with Crippen molar-refractivity contribution < 1.29 is 27.0 Å². The van der Waals surface area contributed by atoms with Crippen LogP contribution in [0.25, 0.3) is 0 Å². The molecule has 1 saturated carbocycles. The first-order valence-corrected chi connectivity index (χ1v) is 12.6. The van der Waals surface area contributed by atoms with Gasteiger partial charge in [-0.05, 0) is 26.2 Å². The summed E-state index contributed by atoms with van der Waals surface area (Å²) in [5.41, 5.74) is -1.78. The molecule has 14 heteroatoms. The lowest BCUT2D eigenvalue weighted by atomic mass is 9.81. The summed E-state index contributed by atoms with van der Waals surface area (Å²) in [5.74, 6) is -2.93. The third-order valence-electron chi connectivity index (χ3n) is 6.32. The zero-order valence-corrected chi connectivity index (χ0v) is 20.2. The van der Waals surface area contributed by atoms with Gasteiger partial charge in [0, 0.05) is 45.2 Å². The van der Waals surface area contributed by atoms with Crippen molar-refractivity contribution in [3.05, 3.63) is 24.2 Å². The van der Waals surface area contributed by atoms with E-state index in [2.05, 4.69) is 20.4 Å². The number of nitrogens with zero attached hydrogens (tertiary/aromatic N) is 6. The van der Waals surface area contributed by atoms with Crippen LogP contribution >= 0.6 is 0 Å². The molecule has 1 saturated heterocycles. The van der Waals surface area contributed by atoms with E-state index in [1.165, 1.54) is 34.5 Å². The summed E-state index contributed by atoms with van der Waals surface area (Å²) in [4.78, 5) is 8.51. The van der Waals surface area contributed by atoms with E-state index in [0.717, 1.165) is 0 Å². The van der Waals surface area contributed by atoms with Crippen molar-refractivity contribution >= 4 is 16.0 Å². The van der Waals surface area contributed by atoms with Crippen LogP contribution in [0.5, 0.6) is 5.88 Å². The molecule has 1 aliphatic carbocycles. The van der Waals surface area contributed by atoms with Gasteiger partial charge in [-0.2, -0.15) is 19.6 Å². The molecule has 35 heavy (non-hydrogen) atoms. The Balaban J connectivity index is 1.41. The highest BCUT2D eigenvalue weighted by molar-refractivity contribution is 7.89. The lowest BCUT2D eigenvalue weighted by molar-refractivity contribution is -0.162. The molecule has 2 aliphatic rings. The summed E-state index contributed by atoms with van der Waals surface area (Å²) < 4.78 is 61.6. The molecular weight excluding hydrogens is 484 g/mol. The average Bonchev–Trinajstić information content (AvgIpc) is 3.23. The number of sulfonamides is 1. The predicted octanol–water partition coefficient (Wildman–Crippen LogP) is 1.66. The zero-order chi connectivity index (χ0) is 25.4. The maximum absolute atomic E-state index is 13.7. The number of rotatable bonds is 6. The normalized spacial score (nSPS) is 25.7. The minimum Gasteiger partial charge on any atom is -0.470 e. The van der Waals surface area contributed by atoms with Crippen molar-refractivity contribution in [2.24, 2.45) is 7.05 Å². The smallest absolute Gasteiger partial charge is 0.251 e. The molecule has 2 aromatic heterocycles. The van der Waals surface area contributed by atoms with Crippen LogP contribution in [-0.2, 0) is 17.1 Å². The molecule has 0 bridgehead atoms. The van der Waals surface area contributed by atoms with Crippen LogP contribution in [-0.4, -0.2) is 74.3 Å². The maximum Gasteiger partial charge on any atom is 0.251 e. The molecule has 2 unspecified atom stereocenters. The molecule has 2 aromatic rings. The van der Waals surface area contributed by atoms with Crippen molar-refractivity contribution in [1.82, 2.24) is 24.1 Å². The van der Waals surface area contributed by atoms with Crippen molar-refractivity contribution in [2.75, 3.05) is 18.4 Å².